The molecule has 0 aliphatic rings. The van der Waals surface area contributed by atoms with E-state index in [1.807, 2.05) is 51.5 Å². The lowest BCUT2D eigenvalue weighted by atomic mass is 9.88. The summed E-state index contributed by atoms with van der Waals surface area (Å²) in [7, 11) is -2.21. The number of aromatic nitrogens is 4. The number of carboxylic acid groups (broad SMARTS) is 1. The highest BCUT2D eigenvalue weighted by Gasteiger charge is 2.23. The van der Waals surface area contributed by atoms with Gasteiger partial charge in [0, 0.05) is 31.3 Å². The van der Waals surface area contributed by atoms with Gasteiger partial charge >= 0.3 is 5.97 Å². The molecule has 0 aliphatic carbocycles. The van der Waals surface area contributed by atoms with Crippen molar-refractivity contribution in [3.8, 4) is 17.1 Å². The molecule has 3 N–H and O–H groups in total. The fraction of sp³-hybridized carbons (Fsp3) is 0.432. The van der Waals surface area contributed by atoms with E-state index in [0.29, 0.717) is 18.1 Å². The second kappa shape index (κ2) is 15.5. The summed E-state index contributed by atoms with van der Waals surface area (Å²) in [5, 5.41) is 12.9. The highest BCUT2D eigenvalue weighted by molar-refractivity contribution is 7.92. The number of anilines is 2. The molecule has 50 heavy (non-hydrogen) atoms. The lowest BCUT2D eigenvalue weighted by Gasteiger charge is -2.28. The second-order valence-electron chi connectivity index (χ2n) is 15.0. The monoisotopic (exact) mass is 703 g/mol. The summed E-state index contributed by atoms with van der Waals surface area (Å²) in [5.41, 5.74) is 4.08. The van der Waals surface area contributed by atoms with Gasteiger partial charge in [-0.25, -0.2) is 32.9 Å². The summed E-state index contributed by atoms with van der Waals surface area (Å²) >= 11 is 0. The Balaban J connectivity index is 1.59. The lowest BCUT2D eigenvalue weighted by Crippen LogP contribution is -2.38. The number of nitrogens with zero attached hydrogens (tertiary/aromatic N) is 5. The Bertz CT molecular complexity index is 1880. The van der Waals surface area contributed by atoms with E-state index in [9.17, 15) is 18.3 Å². The molecule has 268 valence electrons. The quantitative estimate of drug-likeness (QED) is 0.131. The Hall–Kier alpha value is -4.62. The highest BCUT2D eigenvalue weighted by atomic mass is 32.2. The van der Waals surface area contributed by atoms with Crippen LogP contribution >= 0.6 is 0 Å². The molecule has 2 aromatic carbocycles. The van der Waals surface area contributed by atoms with Gasteiger partial charge in [0.15, 0.2) is 0 Å². The van der Waals surface area contributed by atoms with E-state index in [2.05, 4.69) is 76.4 Å². The van der Waals surface area contributed by atoms with Gasteiger partial charge in [0.2, 0.25) is 11.8 Å². The molecule has 12 nitrogen and oxygen atoms in total. The smallest absolute Gasteiger partial charge is 0.335 e. The normalized spacial score (nSPS) is 12.7. The van der Waals surface area contributed by atoms with Gasteiger partial charge in [-0.1, -0.05) is 65.8 Å². The zero-order chi connectivity index (χ0) is 36.9. The molecule has 4 rings (SSSR count). The molecule has 2 aromatic heterocycles. The topological polar surface area (TPSA) is 160 Å². The molecule has 0 amide bonds. The minimum atomic E-state index is -4.24. The van der Waals surface area contributed by atoms with Crippen molar-refractivity contribution >= 4 is 27.6 Å². The SMILES string of the molecule is Cc1cccc(C)c1-c1cc(OC[C@@H](CC(C)(C)C)NCc2ncc(N(C)CC(C)(C)C)cn2)nc(NS(=O)(=O)c2cccc(C(=O)O)c2)n1. The molecular formula is C37H49N7O5S. The zero-order valence-corrected chi connectivity index (χ0v) is 31.2. The van der Waals surface area contributed by atoms with Crippen LogP contribution in [-0.2, 0) is 16.6 Å². The molecule has 0 saturated carbocycles. The van der Waals surface area contributed by atoms with Crippen LogP contribution in [0.2, 0.25) is 0 Å². The Morgan fingerprint density at radius 1 is 0.940 bits per heavy atom. The van der Waals surface area contributed by atoms with Crippen LogP contribution in [0, 0.1) is 24.7 Å². The number of aromatic carboxylic acids is 1. The Kier molecular flexibility index (Phi) is 11.8. The first-order chi connectivity index (χ1) is 23.3. The zero-order valence-electron chi connectivity index (χ0n) is 30.4. The number of nitrogens with one attached hydrogen (secondary N) is 2. The average Bonchev–Trinajstić information content (AvgIpc) is 3.01. The van der Waals surface area contributed by atoms with E-state index in [0.717, 1.165) is 41.4 Å². The molecule has 0 radical (unpaired) electrons. The van der Waals surface area contributed by atoms with Crippen molar-refractivity contribution in [3.63, 3.8) is 0 Å². The number of rotatable bonds is 14. The number of sulfonamides is 1. The first kappa shape index (κ1) is 38.2. The number of hydrogen-bond acceptors (Lipinski definition) is 10. The molecule has 0 unspecified atom stereocenters. The lowest BCUT2D eigenvalue weighted by molar-refractivity contribution is 0.0696. The second-order valence-corrected chi connectivity index (χ2v) is 16.7. The fourth-order valence-corrected chi connectivity index (χ4v) is 6.65. The maximum absolute atomic E-state index is 13.4. The van der Waals surface area contributed by atoms with E-state index < -0.39 is 16.0 Å². The van der Waals surface area contributed by atoms with Crippen molar-refractivity contribution in [1.29, 1.82) is 0 Å². The van der Waals surface area contributed by atoms with Crippen LogP contribution in [0.1, 0.15) is 75.3 Å². The first-order valence-electron chi connectivity index (χ1n) is 16.5. The average molecular weight is 704 g/mol. The van der Waals surface area contributed by atoms with E-state index in [-0.39, 0.29) is 45.8 Å². The van der Waals surface area contributed by atoms with Crippen LogP contribution in [0.15, 0.2) is 65.8 Å². The van der Waals surface area contributed by atoms with Gasteiger partial charge in [0.1, 0.15) is 12.4 Å². The van der Waals surface area contributed by atoms with Crippen LogP contribution < -0.4 is 19.7 Å². The van der Waals surface area contributed by atoms with Crippen LogP contribution in [0.25, 0.3) is 11.3 Å². The summed E-state index contributed by atoms with van der Waals surface area (Å²) in [4.78, 5) is 31.6. The third kappa shape index (κ3) is 10.9. The summed E-state index contributed by atoms with van der Waals surface area (Å²) < 4.78 is 35.5. The molecule has 13 heteroatoms. The molecule has 0 bridgehead atoms. The Morgan fingerprint density at radius 3 is 2.18 bits per heavy atom. The summed E-state index contributed by atoms with van der Waals surface area (Å²) in [6, 6.07) is 12.5. The minimum Gasteiger partial charge on any atom is -0.478 e. The molecule has 2 heterocycles. The van der Waals surface area contributed by atoms with Crippen LogP contribution in [0.4, 0.5) is 11.6 Å². The number of carboxylic acids is 1. The van der Waals surface area contributed by atoms with E-state index in [1.54, 1.807) is 6.07 Å². The number of hydrogen-bond donors (Lipinski definition) is 3. The van der Waals surface area contributed by atoms with Crippen LogP contribution in [-0.4, -0.2) is 65.7 Å². The maximum atomic E-state index is 13.4. The molecule has 4 aromatic rings. The Labute approximate surface area is 295 Å². The molecule has 0 aliphatic heterocycles. The predicted molar refractivity (Wildman–Crippen MR) is 196 cm³/mol. The third-order valence-electron chi connectivity index (χ3n) is 7.74. The molecular weight excluding hydrogens is 655 g/mol. The van der Waals surface area contributed by atoms with E-state index >= 15 is 0 Å². The van der Waals surface area contributed by atoms with Crippen LogP contribution in [0.5, 0.6) is 5.88 Å². The van der Waals surface area contributed by atoms with Gasteiger partial charge in [-0.05, 0) is 60.4 Å². The van der Waals surface area contributed by atoms with Crippen molar-refractivity contribution in [1.82, 2.24) is 25.3 Å². The van der Waals surface area contributed by atoms with E-state index in [4.69, 9.17) is 4.74 Å². The minimum absolute atomic E-state index is 0.0399. The standard InChI is InChI=1S/C37H49N7O5S/c1-24-12-10-13-25(2)33(24)30-17-32(42-35(41-30)43-50(47,48)29-15-11-14-26(16-29)34(45)46)49-22-27(18-36(3,4)5)38-21-31-39-19-28(20-40-31)44(9)23-37(6,7)8/h10-17,19-20,27,38H,18,21-23H2,1-9H3,(H,45,46)(H,41,42,43)/t27-/m1/s1. The van der Waals surface area contributed by atoms with Gasteiger partial charge in [-0.15, -0.1) is 0 Å². The van der Waals surface area contributed by atoms with Gasteiger partial charge in [0.05, 0.1) is 40.8 Å². The summed E-state index contributed by atoms with van der Waals surface area (Å²) in [6.07, 6.45) is 4.43. The van der Waals surface area contributed by atoms with E-state index in [1.165, 1.54) is 18.2 Å². The van der Waals surface area contributed by atoms with Crippen molar-refractivity contribution in [2.45, 2.75) is 79.3 Å². The highest BCUT2D eigenvalue weighted by Crippen LogP contribution is 2.30. The molecule has 0 spiro atoms. The number of ether oxygens (including phenoxy) is 1. The largest absolute Gasteiger partial charge is 0.478 e. The maximum Gasteiger partial charge on any atom is 0.335 e. The van der Waals surface area contributed by atoms with Crippen molar-refractivity contribution in [2.24, 2.45) is 10.8 Å². The van der Waals surface area contributed by atoms with Crippen molar-refractivity contribution in [2.75, 3.05) is 29.8 Å². The van der Waals surface area contributed by atoms with Crippen molar-refractivity contribution in [3.05, 3.63) is 83.4 Å². The van der Waals surface area contributed by atoms with Gasteiger partial charge in [-0.3, -0.25) is 0 Å². The Morgan fingerprint density at radius 2 is 1.58 bits per heavy atom. The van der Waals surface area contributed by atoms with Crippen LogP contribution in [0.3, 0.4) is 0 Å². The van der Waals surface area contributed by atoms with Gasteiger partial charge < -0.3 is 20.1 Å². The molecule has 0 saturated heterocycles. The summed E-state index contributed by atoms with van der Waals surface area (Å²) in [6.45, 7) is 18.4. The first-order valence-corrected chi connectivity index (χ1v) is 18.0. The van der Waals surface area contributed by atoms with Crippen molar-refractivity contribution < 1.29 is 23.1 Å². The molecule has 1 atom stereocenters. The molecule has 0 fully saturated rings. The summed E-state index contributed by atoms with van der Waals surface area (Å²) in [5.74, 6) is -0.611. The third-order valence-corrected chi connectivity index (χ3v) is 9.07. The van der Waals surface area contributed by atoms with Gasteiger partial charge in [-0.2, -0.15) is 4.98 Å². The van der Waals surface area contributed by atoms with Gasteiger partial charge in [0.25, 0.3) is 10.0 Å². The fourth-order valence-electron chi connectivity index (χ4n) is 5.66. The number of benzene rings is 2. The number of carbonyl (C=O) groups is 1. The number of aryl methyl sites for hydroxylation is 2. The predicted octanol–water partition coefficient (Wildman–Crippen LogP) is 6.51.